The lowest BCUT2D eigenvalue weighted by Gasteiger charge is -2.23. The quantitative estimate of drug-likeness (QED) is 0.0497. The van der Waals surface area contributed by atoms with E-state index in [4.69, 9.17) is 28.7 Å². The predicted octanol–water partition coefficient (Wildman–Crippen LogP) is -2.82. The first-order valence-corrected chi connectivity index (χ1v) is 11.9. The summed E-state index contributed by atoms with van der Waals surface area (Å²) < 4.78 is 0. The second-order valence-corrected chi connectivity index (χ2v) is 8.32. The molecule has 0 aromatic rings. The van der Waals surface area contributed by atoms with E-state index in [1.54, 1.807) is 0 Å². The van der Waals surface area contributed by atoms with Crippen LogP contribution in [0.25, 0.3) is 0 Å². The maximum Gasteiger partial charge on any atom is 0.326 e. The van der Waals surface area contributed by atoms with Crippen LogP contribution in [0.2, 0.25) is 0 Å². The van der Waals surface area contributed by atoms with Gasteiger partial charge in [-0.15, -0.1) is 0 Å². The van der Waals surface area contributed by atoms with Crippen LogP contribution >= 0.6 is 0 Å². The topological polar surface area (TPSA) is 267 Å². The lowest BCUT2D eigenvalue weighted by Crippen LogP contribution is -2.56. The van der Waals surface area contributed by atoms with Gasteiger partial charge in [-0.1, -0.05) is 6.42 Å². The molecule has 0 spiro atoms. The van der Waals surface area contributed by atoms with E-state index >= 15 is 0 Å². The van der Waals surface area contributed by atoms with Crippen molar-refractivity contribution in [1.82, 2.24) is 16.0 Å². The normalized spacial score (nSPS) is 14.2. The Morgan fingerprint density at radius 1 is 0.771 bits per heavy atom. The highest BCUT2D eigenvalue weighted by Crippen LogP contribution is 2.05. The van der Waals surface area contributed by atoms with E-state index < -0.39 is 47.9 Å². The molecule has 0 radical (unpaired) electrons. The minimum Gasteiger partial charge on any atom is -0.480 e. The Kier molecular flexibility index (Phi) is 16.8. The smallest absolute Gasteiger partial charge is 0.326 e. The number of carbonyl (C=O) groups is 4. The van der Waals surface area contributed by atoms with Crippen LogP contribution in [-0.4, -0.2) is 78.6 Å². The molecule has 0 saturated carbocycles. The Morgan fingerprint density at radius 2 is 1.31 bits per heavy atom. The van der Waals surface area contributed by atoms with Crippen LogP contribution < -0.4 is 44.6 Å². The Bertz CT molecular complexity index is 701. The Balaban J connectivity index is 5.00. The van der Waals surface area contributed by atoms with Crippen LogP contribution in [0.15, 0.2) is 4.99 Å². The molecule has 0 fully saturated rings. The molecule has 0 saturated heterocycles. The summed E-state index contributed by atoms with van der Waals surface area (Å²) in [6.07, 6.45) is 3.81. The molecular formula is C21H43N9O5. The summed E-state index contributed by atoms with van der Waals surface area (Å²) in [5.74, 6) is -3.07. The predicted molar refractivity (Wildman–Crippen MR) is 133 cm³/mol. The molecule has 3 amide bonds. The fraction of sp³-hybridized carbons (Fsp3) is 0.762. The van der Waals surface area contributed by atoms with Crippen molar-refractivity contribution in [3.8, 4) is 0 Å². The molecule has 14 nitrogen and oxygen atoms in total. The summed E-state index contributed by atoms with van der Waals surface area (Å²) in [6.45, 7) is 2.56. The number of rotatable bonds is 19. The molecular weight excluding hydrogens is 458 g/mol. The number of unbranched alkanes of at least 4 members (excludes halogenated alkanes) is 2. The minimum absolute atomic E-state index is 0.0956. The van der Waals surface area contributed by atoms with Crippen LogP contribution in [0.3, 0.4) is 0 Å². The molecule has 0 aromatic carbocycles. The molecule has 0 aromatic heterocycles. The fourth-order valence-corrected chi connectivity index (χ4v) is 3.12. The number of guanidine groups is 1. The number of hydrogen-bond acceptors (Lipinski definition) is 8. The first-order valence-electron chi connectivity index (χ1n) is 11.9. The average Bonchev–Trinajstić information content (AvgIpc) is 2.79. The summed E-state index contributed by atoms with van der Waals surface area (Å²) >= 11 is 0. The van der Waals surface area contributed by atoms with E-state index in [2.05, 4.69) is 20.9 Å². The number of aliphatic imine (C=N–C) groups is 1. The van der Waals surface area contributed by atoms with Gasteiger partial charge in [-0.05, 0) is 65.0 Å². The number of carbonyl (C=O) groups excluding carboxylic acids is 3. The van der Waals surface area contributed by atoms with Crippen LogP contribution in [0.1, 0.15) is 58.3 Å². The third-order valence-corrected chi connectivity index (χ3v) is 5.20. The minimum atomic E-state index is -1.22. The number of nitrogens with one attached hydrogen (secondary N) is 3. The molecule has 0 aliphatic heterocycles. The van der Waals surface area contributed by atoms with Crippen LogP contribution in [0.4, 0.5) is 0 Å². The molecule has 0 aliphatic rings. The van der Waals surface area contributed by atoms with E-state index in [-0.39, 0.29) is 18.9 Å². The SMILES string of the molecule is CC(NC(=O)C(CCCCN)NC(=O)C(N)CCCCN)C(=O)NC(CCCN=C(N)N)C(=O)O. The van der Waals surface area contributed by atoms with Gasteiger partial charge in [0.25, 0.3) is 0 Å². The van der Waals surface area contributed by atoms with Crippen molar-refractivity contribution in [2.45, 2.75) is 82.5 Å². The van der Waals surface area contributed by atoms with E-state index in [9.17, 15) is 24.3 Å². The number of hydrogen-bond donors (Lipinski definition) is 9. The van der Waals surface area contributed by atoms with Gasteiger partial charge in [-0.3, -0.25) is 19.4 Å². The van der Waals surface area contributed by atoms with E-state index in [1.165, 1.54) is 6.92 Å². The van der Waals surface area contributed by atoms with Crippen LogP contribution in [0, 0.1) is 0 Å². The Morgan fingerprint density at radius 3 is 1.86 bits per heavy atom. The zero-order valence-electron chi connectivity index (χ0n) is 20.5. The molecule has 4 unspecified atom stereocenters. The van der Waals surface area contributed by atoms with Gasteiger partial charge in [-0.2, -0.15) is 0 Å². The lowest BCUT2D eigenvalue weighted by atomic mass is 10.1. The zero-order chi connectivity index (χ0) is 26.8. The number of nitrogens with two attached hydrogens (primary N) is 5. The van der Waals surface area contributed by atoms with Gasteiger partial charge in [0.1, 0.15) is 18.1 Å². The molecule has 14 N–H and O–H groups in total. The maximum atomic E-state index is 12.8. The third-order valence-electron chi connectivity index (χ3n) is 5.20. The van der Waals surface area contributed by atoms with E-state index in [0.29, 0.717) is 51.6 Å². The molecule has 0 aliphatic carbocycles. The molecule has 0 bridgehead atoms. The van der Waals surface area contributed by atoms with Gasteiger partial charge in [0.2, 0.25) is 17.7 Å². The molecule has 0 heterocycles. The Labute approximate surface area is 206 Å². The third kappa shape index (κ3) is 14.8. The molecule has 14 heteroatoms. The lowest BCUT2D eigenvalue weighted by molar-refractivity contribution is -0.142. The van der Waals surface area contributed by atoms with Crippen molar-refractivity contribution in [2.24, 2.45) is 33.7 Å². The summed E-state index contributed by atoms with van der Waals surface area (Å²) in [7, 11) is 0. The number of amides is 3. The van der Waals surface area contributed by atoms with Gasteiger partial charge < -0.3 is 49.7 Å². The summed E-state index contributed by atoms with van der Waals surface area (Å²) in [5, 5.41) is 16.9. The molecule has 0 rings (SSSR count). The number of carboxylic acid groups (broad SMARTS) is 1. The first kappa shape index (κ1) is 32.0. The van der Waals surface area contributed by atoms with Crippen LogP contribution in [-0.2, 0) is 19.2 Å². The molecule has 202 valence electrons. The van der Waals surface area contributed by atoms with Crippen molar-refractivity contribution < 1.29 is 24.3 Å². The summed E-state index contributed by atoms with van der Waals surface area (Å²) in [6, 6.07) is -3.93. The van der Waals surface area contributed by atoms with Gasteiger partial charge in [0.05, 0.1) is 6.04 Å². The highest BCUT2D eigenvalue weighted by Gasteiger charge is 2.28. The number of nitrogens with zero attached hydrogens (tertiary/aromatic N) is 1. The second kappa shape index (κ2) is 18.4. The highest BCUT2D eigenvalue weighted by atomic mass is 16.4. The van der Waals surface area contributed by atoms with Crippen molar-refractivity contribution in [2.75, 3.05) is 19.6 Å². The van der Waals surface area contributed by atoms with Crippen molar-refractivity contribution in [3.05, 3.63) is 0 Å². The summed E-state index contributed by atoms with van der Waals surface area (Å²) in [5.41, 5.74) is 27.3. The zero-order valence-corrected chi connectivity index (χ0v) is 20.5. The van der Waals surface area contributed by atoms with Gasteiger partial charge >= 0.3 is 5.97 Å². The van der Waals surface area contributed by atoms with E-state index in [0.717, 1.165) is 6.42 Å². The molecule has 35 heavy (non-hydrogen) atoms. The average molecular weight is 502 g/mol. The largest absolute Gasteiger partial charge is 0.480 e. The second-order valence-electron chi connectivity index (χ2n) is 8.32. The fourth-order valence-electron chi connectivity index (χ4n) is 3.12. The molecule has 4 atom stereocenters. The van der Waals surface area contributed by atoms with Crippen molar-refractivity contribution in [1.29, 1.82) is 0 Å². The van der Waals surface area contributed by atoms with Gasteiger partial charge in [0, 0.05) is 6.54 Å². The Hall–Kier alpha value is -2.97. The van der Waals surface area contributed by atoms with Crippen molar-refractivity contribution >= 4 is 29.7 Å². The first-order chi connectivity index (χ1) is 16.5. The van der Waals surface area contributed by atoms with Gasteiger partial charge in [-0.25, -0.2) is 4.79 Å². The van der Waals surface area contributed by atoms with Crippen LogP contribution in [0.5, 0.6) is 0 Å². The number of carboxylic acids is 1. The monoisotopic (exact) mass is 501 g/mol. The van der Waals surface area contributed by atoms with Crippen molar-refractivity contribution in [3.63, 3.8) is 0 Å². The van der Waals surface area contributed by atoms with Gasteiger partial charge in [0.15, 0.2) is 5.96 Å². The highest BCUT2D eigenvalue weighted by molar-refractivity contribution is 5.93. The van der Waals surface area contributed by atoms with E-state index in [1.807, 2.05) is 0 Å². The number of aliphatic carboxylic acids is 1. The maximum absolute atomic E-state index is 12.8. The standard InChI is InChI=1S/C21H43N9O5/c1-13(17(31)30-16(20(34)35)9-6-12-27-21(25)26)28-19(33)15(8-3-5-11-23)29-18(32)14(24)7-2-4-10-22/h13-16H,2-12,22-24H2,1H3,(H,28,33)(H,29,32)(H,30,31)(H,34,35)(H4,25,26,27). The summed E-state index contributed by atoms with van der Waals surface area (Å²) in [4.78, 5) is 53.0.